The molecule has 0 spiro atoms. The Bertz CT molecular complexity index is 1640. The molecule has 0 N–H and O–H groups in total. The minimum atomic E-state index is -1.63. The Morgan fingerprint density at radius 3 is 1.04 bits per heavy atom. The molecule has 9 heteroatoms. The normalized spacial score (nSPS) is 13.2. The molecule has 0 fully saturated rings. The maximum atomic E-state index is 12.9. The highest BCUT2D eigenvalue weighted by atomic mass is 16.7. The maximum Gasteiger partial charge on any atom is 0.306 e. The molecule has 0 amide bonds. The summed E-state index contributed by atoms with van der Waals surface area (Å²) in [5.74, 6) is -2.31. The summed E-state index contributed by atoms with van der Waals surface area (Å²) in [7, 11) is 5.92. The van der Waals surface area contributed by atoms with Gasteiger partial charge < -0.3 is 33.3 Å². The van der Waals surface area contributed by atoms with Gasteiger partial charge in [-0.05, 0) is 89.9 Å². The summed E-state index contributed by atoms with van der Waals surface area (Å²) in [4.78, 5) is 37.4. The van der Waals surface area contributed by atoms with Crippen molar-refractivity contribution in [3.05, 3.63) is 85.1 Å². The number of aliphatic carboxylic acids is 1. The van der Waals surface area contributed by atoms with Gasteiger partial charge in [-0.1, -0.05) is 292 Å². The van der Waals surface area contributed by atoms with Gasteiger partial charge in [0.2, 0.25) is 0 Å². The lowest BCUT2D eigenvalue weighted by molar-refractivity contribution is -0.870. The smallest absolute Gasteiger partial charge is 0.306 e. The molecule has 0 radical (unpaired) electrons. The molecule has 0 saturated heterocycles. The maximum absolute atomic E-state index is 12.9. The van der Waals surface area contributed by atoms with Crippen molar-refractivity contribution in [2.75, 3.05) is 47.5 Å². The first-order chi connectivity index (χ1) is 40.6. The average molecular weight is 1160 g/mol. The van der Waals surface area contributed by atoms with Gasteiger partial charge in [-0.3, -0.25) is 9.59 Å². The number of carbonyl (C=O) groups is 3. The molecule has 0 saturated carbocycles. The molecule has 0 aliphatic carbocycles. The lowest BCUT2D eigenvalue weighted by Gasteiger charge is -2.26. The van der Waals surface area contributed by atoms with Crippen LogP contribution in [0.3, 0.4) is 0 Å². The number of allylic oxidation sites excluding steroid dienone is 14. The number of esters is 2. The van der Waals surface area contributed by atoms with Gasteiger partial charge in [-0.25, -0.2) is 0 Å². The molecule has 0 aromatic carbocycles. The molecule has 0 bridgehead atoms. The third-order valence-electron chi connectivity index (χ3n) is 15.1. The molecule has 2 unspecified atom stereocenters. The number of likely N-dealkylation sites (N-methyl/N-ethyl adjacent to an activating group) is 1. The van der Waals surface area contributed by atoms with Crippen molar-refractivity contribution < 1.29 is 42.9 Å². The summed E-state index contributed by atoms with van der Waals surface area (Å²) in [6.07, 6.45) is 83.9. The summed E-state index contributed by atoms with van der Waals surface area (Å²) in [6.45, 7) is 4.63. The zero-order valence-electron chi connectivity index (χ0n) is 54.8. The first-order valence-corrected chi connectivity index (χ1v) is 34.7. The molecule has 0 rings (SSSR count). The van der Waals surface area contributed by atoms with Crippen LogP contribution in [0.4, 0.5) is 0 Å². The molecule has 9 nitrogen and oxygen atoms in total. The van der Waals surface area contributed by atoms with E-state index < -0.39 is 24.3 Å². The summed E-state index contributed by atoms with van der Waals surface area (Å²) in [5.41, 5.74) is 0. The van der Waals surface area contributed by atoms with Gasteiger partial charge in [0, 0.05) is 12.8 Å². The molecular formula is C74H131NO8. The van der Waals surface area contributed by atoms with E-state index in [0.29, 0.717) is 17.4 Å². The minimum absolute atomic E-state index is 0.140. The van der Waals surface area contributed by atoms with E-state index in [1.807, 2.05) is 21.1 Å². The Balaban J connectivity index is 4.09. The molecule has 2 atom stereocenters. The Labute approximate surface area is 512 Å². The van der Waals surface area contributed by atoms with Crippen LogP contribution in [-0.4, -0.2) is 82.3 Å². The Kier molecular flexibility index (Phi) is 61.7. The fourth-order valence-electron chi connectivity index (χ4n) is 9.83. The van der Waals surface area contributed by atoms with Crippen LogP contribution in [0.1, 0.15) is 309 Å². The first kappa shape index (κ1) is 79.5. The largest absolute Gasteiger partial charge is 0.545 e. The van der Waals surface area contributed by atoms with Crippen molar-refractivity contribution in [3.63, 3.8) is 0 Å². The van der Waals surface area contributed by atoms with Gasteiger partial charge in [-0.15, -0.1) is 0 Å². The average Bonchev–Trinajstić information content (AvgIpc) is 3.46. The molecule has 0 aliphatic rings. The number of nitrogens with zero attached hydrogens (tertiary/aromatic N) is 1. The van der Waals surface area contributed by atoms with Gasteiger partial charge in [-0.2, -0.15) is 0 Å². The van der Waals surface area contributed by atoms with E-state index in [1.54, 1.807) is 0 Å². The Morgan fingerprint density at radius 1 is 0.373 bits per heavy atom. The lowest BCUT2D eigenvalue weighted by Crippen LogP contribution is -2.44. The number of carboxylic acid groups (broad SMARTS) is 1. The van der Waals surface area contributed by atoms with E-state index in [2.05, 4.69) is 98.9 Å². The van der Waals surface area contributed by atoms with Crippen LogP contribution >= 0.6 is 0 Å². The van der Waals surface area contributed by atoms with E-state index in [4.69, 9.17) is 18.9 Å². The molecular weight excluding hydrogens is 1030 g/mol. The van der Waals surface area contributed by atoms with E-state index in [0.717, 1.165) is 83.5 Å². The number of ether oxygens (including phenoxy) is 4. The van der Waals surface area contributed by atoms with Crippen molar-refractivity contribution in [3.8, 4) is 0 Å². The lowest BCUT2D eigenvalue weighted by atomic mass is 10.0. The van der Waals surface area contributed by atoms with E-state index in [-0.39, 0.29) is 38.6 Å². The minimum Gasteiger partial charge on any atom is -0.545 e. The monoisotopic (exact) mass is 1160 g/mol. The quantitative estimate of drug-likeness (QED) is 0.0195. The van der Waals surface area contributed by atoms with Crippen LogP contribution < -0.4 is 5.11 Å². The number of hydrogen-bond acceptors (Lipinski definition) is 8. The van der Waals surface area contributed by atoms with Crippen molar-refractivity contribution in [2.24, 2.45) is 0 Å². The van der Waals surface area contributed by atoms with Gasteiger partial charge >= 0.3 is 11.9 Å². The number of rotatable bonds is 64. The van der Waals surface area contributed by atoms with Crippen molar-refractivity contribution >= 4 is 17.9 Å². The van der Waals surface area contributed by atoms with Crippen LogP contribution in [0.25, 0.3) is 0 Å². The zero-order valence-corrected chi connectivity index (χ0v) is 54.8. The second-order valence-corrected chi connectivity index (χ2v) is 24.4. The van der Waals surface area contributed by atoms with Crippen LogP contribution in [0, 0.1) is 0 Å². The standard InChI is InChI=1S/C74H131NO8/c1-6-8-10-12-14-16-18-20-22-24-26-28-30-31-32-33-34-35-36-37-38-39-40-41-43-44-46-48-50-52-54-56-58-60-62-64-71(76)81-68-70(69-82-74(73(78)79)80-67-66-75(3,4)5)83-72(77)65-63-61-59-57-55-53-51-49-47-45-42-29-27-25-23-21-19-17-15-13-11-9-7-2/h9,11,15,17,21,23-24,26-27,29,45,47,51,53,70,74H,6-8,10,12-14,16,18-20,22,25,28,30-44,46,48-50,52,54-69H2,1-5H3/b11-9-,17-15-,23-21-,26-24-,29-27-,47-45-,53-51-. The van der Waals surface area contributed by atoms with E-state index in [9.17, 15) is 19.5 Å². The topological polar surface area (TPSA) is 111 Å². The van der Waals surface area contributed by atoms with Crippen LogP contribution in [-0.2, 0) is 33.3 Å². The highest BCUT2D eigenvalue weighted by Crippen LogP contribution is 2.18. The molecule has 0 aromatic heterocycles. The summed E-state index contributed by atoms with van der Waals surface area (Å²) >= 11 is 0. The molecule has 0 aliphatic heterocycles. The van der Waals surface area contributed by atoms with Gasteiger partial charge in [0.15, 0.2) is 12.4 Å². The summed E-state index contributed by atoms with van der Waals surface area (Å²) in [5, 5.41) is 11.8. The molecule has 83 heavy (non-hydrogen) atoms. The van der Waals surface area contributed by atoms with Gasteiger partial charge in [0.25, 0.3) is 0 Å². The van der Waals surface area contributed by atoms with Crippen LogP contribution in [0.5, 0.6) is 0 Å². The van der Waals surface area contributed by atoms with Crippen LogP contribution in [0.15, 0.2) is 85.1 Å². The third kappa shape index (κ3) is 65.9. The van der Waals surface area contributed by atoms with Gasteiger partial charge in [0.1, 0.15) is 13.2 Å². The SMILES string of the molecule is CC/C=C\C/C=C\C/C=C\C/C=C\C/C=C\C/C=C\CCCCCCC(=O)OC(COC(=O)CCCCCCCCCCCCCCCCCCCCCCCCC/C=C\CCCCCCCCCC)COC(OCC[N+](C)(C)C)C(=O)[O-]. The van der Waals surface area contributed by atoms with Gasteiger partial charge in [0.05, 0.1) is 40.3 Å². The number of carbonyl (C=O) groups excluding carboxylic acids is 3. The predicted molar refractivity (Wildman–Crippen MR) is 352 cm³/mol. The number of unbranched alkanes of at least 4 members (excludes halogenated alkanes) is 35. The fourth-order valence-corrected chi connectivity index (χ4v) is 9.83. The van der Waals surface area contributed by atoms with Crippen molar-refractivity contribution in [1.82, 2.24) is 0 Å². The predicted octanol–water partition coefficient (Wildman–Crippen LogP) is 20.1. The highest BCUT2D eigenvalue weighted by Gasteiger charge is 2.22. The Hall–Kier alpha value is -3.53. The second-order valence-electron chi connectivity index (χ2n) is 24.4. The molecule has 0 heterocycles. The fraction of sp³-hybridized carbons (Fsp3) is 0.770. The zero-order chi connectivity index (χ0) is 60.5. The van der Waals surface area contributed by atoms with Crippen molar-refractivity contribution in [2.45, 2.75) is 322 Å². The van der Waals surface area contributed by atoms with E-state index in [1.165, 1.54) is 193 Å². The van der Waals surface area contributed by atoms with E-state index >= 15 is 0 Å². The Morgan fingerprint density at radius 2 is 0.687 bits per heavy atom. The first-order valence-electron chi connectivity index (χ1n) is 34.7. The highest BCUT2D eigenvalue weighted by molar-refractivity contribution is 5.70. The number of hydrogen-bond donors (Lipinski definition) is 0. The third-order valence-corrected chi connectivity index (χ3v) is 15.1. The number of carboxylic acids is 1. The summed E-state index contributed by atoms with van der Waals surface area (Å²) in [6, 6.07) is 0. The number of quaternary nitrogens is 1. The van der Waals surface area contributed by atoms with Crippen LogP contribution in [0.2, 0.25) is 0 Å². The molecule has 0 aromatic rings. The summed E-state index contributed by atoms with van der Waals surface area (Å²) < 4.78 is 22.7. The van der Waals surface area contributed by atoms with Crippen molar-refractivity contribution in [1.29, 1.82) is 0 Å². The molecule has 480 valence electrons. The second kappa shape index (κ2) is 64.5.